The molecule has 1 atom stereocenters. The van der Waals surface area contributed by atoms with Crippen LogP contribution in [0.15, 0.2) is 52.4 Å². The number of amides is 1. The molecule has 5 nitrogen and oxygen atoms in total. The van der Waals surface area contributed by atoms with Gasteiger partial charge in [0.2, 0.25) is 0 Å². The Morgan fingerprint density at radius 3 is 2.64 bits per heavy atom. The van der Waals surface area contributed by atoms with Crippen LogP contribution >= 0.6 is 11.8 Å². The van der Waals surface area contributed by atoms with E-state index in [1.165, 1.54) is 28.6 Å². The van der Waals surface area contributed by atoms with Crippen molar-refractivity contribution < 1.29 is 9.53 Å². The molecule has 2 aromatic carbocycles. The van der Waals surface area contributed by atoms with Crippen LogP contribution in [0.4, 0.5) is 11.4 Å². The van der Waals surface area contributed by atoms with Gasteiger partial charge in [-0.05, 0) is 105 Å². The smallest absolute Gasteiger partial charge is 0.266 e. The molecule has 1 saturated heterocycles. The summed E-state index contributed by atoms with van der Waals surface area (Å²) in [6.07, 6.45) is 5.07. The van der Waals surface area contributed by atoms with Gasteiger partial charge in [-0.15, -0.1) is 0 Å². The van der Waals surface area contributed by atoms with Crippen molar-refractivity contribution in [3.05, 3.63) is 64.1 Å². The van der Waals surface area contributed by atoms with Gasteiger partial charge < -0.3 is 9.64 Å². The number of hydrogen-bond acceptors (Lipinski definition) is 5. The highest BCUT2D eigenvalue weighted by atomic mass is 32.2. The summed E-state index contributed by atoms with van der Waals surface area (Å²) in [7, 11) is 1.69. The molecule has 2 heterocycles. The summed E-state index contributed by atoms with van der Waals surface area (Å²) in [4.78, 5) is 23.4. The number of benzene rings is 2. The molecule has 0 bridgehead atoms. The largest absolute Gasteiger partial charge is 0.385 e. The first kappa shape index (κ1) is 26.5. The van der Waals surface area contributed by atoms with Gasteiger partial charge in [0.15, 0.2) is 5.17 Å². The molecule has 2 aliphatic heterocycles. The number of anilines is 1. The van der Waals surface area contributed by atoms with E-state index in [1.807, 2.05) is 30.3 Å². The second-order valence-electron chi connectivity index (χ2n) is 10.5. The minimum absolute atomic E-state index is 0.0182. The Morgan fingerprint density at radius 2 is 1.94 bits per heavy atom. The van der Waals surface area contributed by atoms with Gasteiger partial charge in [-0.2, -0.15) is 0 Å². The van der Waals surface area contributed by atoms with E-state index in [0.717, 1.165) is 47.1 Å². The number of aryl methyl sites for hydroxylation is 1. The van der Waals surface area contributed by atoms with E-state index in [-0.39, 0.29) is 11.4 Å². The summed E-state index contributed by atoms with van der Waals surface area (Å²) in [6, 6.07) is 14.5. The van der Waals surface area contributed by atoms with Gasteiger partial charge in [-0.25, -0.2) is 4.99 Å². The van der Waals surface area contributed by atoms with E-state index in [0.29, 0.717) is 19.1 Å². The van der Waals surface area contributed by atoms with E-state index in [9.17, 15) is 4.79 Å². The van der Waals surface area contributed by atoms with Crippen LogP contribution in [0.5, 0.6) is 0 Å². The number of carbonyl (C=O) groups excluding carboxylic acids is 1. The zero-order valence-corrected chi connectivity index (χ0v) is 23.3. The molecule has 36 heavy (non-hydrogen) atoms. The van der Waals surface area contributed by atoms with Crippen molar-refractivity contribution in [2.45, 2.75) is 65.3 Å². The molecule has 4 rings (SSSR count). The Labute approximate surface area is 220 Å². The number of methoxy groups -OCH3 is 1. The molecule has 1 amide bonds. The van der Waals surface area contributed by atoms with E-state index in [2.05, 4.69) is 57.7 Å². The fraction of sp³-hybridized carbons (Fsp3) is 0.467. The lowest BCUT2D eigenvalue weighted by atomic mass is 9.79. The summed E-state index contributed by atoms with van der Waals surface area (Å²) in [5.74, 6) is 0.484. The second-order valence-corrected chi connectivity index (χ2v) is 11.5. The first-order chi connectivity index (χ1) is 17.2. The highest BCUT2D eigenvalue weighted by molar-refractivity contribution is 8.18. The number of thioether (sulfide) groups is 1. The van der Waals surface area contributed by atoms with Crippen LogP contribution in [0.2, 0.25) is 0 Å². The highest BCUT2D eigenvalue weighted by Gasteiger charge is 2.37. The average molecular weight is 506 g/mol. The molecule has 6 heteroatoms. The monoisotopic (exact) mass is 505 g/mol. The number of nitrogens with zero attached hydrogens (tertiary/aromatic N) is 3. The van der Waals surface area contributed by atoms with Crippen molar-refractivity contribution in [1.29, 1.82) is 0 Å². The quantitative estimate of drug-likeness (QED) is 0.283. The summed E-state index contributed by atoms with van der Waals surface area (Å²) in [5.41, 5.74) is 6.02. The summed E-state index contributed by atoms with van der Waals surface area (Å²) in [6.45, 7) is 13.7. The number of hydrogen-bond donors (Lipinski definition) is 0. The summed E-state index contributed by atoms with van der Waals surface area (Å²) >= 11 is 1.47. The molecule has 1 fully saturated rings. The Kier molecular flexibility index (Phi) is 8.26. The van der Waals surface area contributed by atoms with Crippen molar-refractivity contribution in [3.63, 3.8) is 0 Å². The number of fused-ring (bicyclic) bond motifs is 1. The van der Waals surface area contributed by atoms with Crippen molar-refractivity contribution in [3.8, 4) is 0 Å². The van der Waals surface area contributed by atoms with Crippen LogP contribution in [0, 0.1) is 6.92 Å². The normalized spacial score (nSPS) is 21.5. The molecule has 0 aliphatic carbocycles. The minimum atomic E-state index is 0.0182. The number of ether oxygens (including phenoxy) is 1. The predicted molar refractivity (Wildman–Crippen MR) is 153 cm³/mol. The molecule has 0 saturated carbocycles. The van der Waals surface area contributed by atoms with Crippen LogP contribution in [0.1, 0.15) is 69.6 Å². The lowest BCUT2D eigenvalue weighted by Crippen LogP contribution is -2.48. The van der Waals surface area contributed by atoms with Crippen LogP contribution in [-0.2, 0) is 9.53 Å². The van der Waals surface area contributed by atoms with Crippen molar-refractivity contribution in [2.24, 2.45) is 4.99 Å². The number of carbonyl (C=O) groups is 1. The van der Waals surface area contributed by atoms with E-state index in [1.54, 1.807) is 12.0 Å². The van der Waals surface area contributed by atoms with Crippen LogP contribution in [0.3, 0.4) is 0 Å². The SMILES string of the molecule is CCCN1c2cc(C)c(/C=C3/SC(=Nc4ccccc4)N(CCCOC)C3=O)cc2C(C)CC1(C)C. The molecule has 2 aromatic rings. The molecule has 192 valence electrons. The van der Waals surface area contributed by atoms with E-state index >= 15 is 0 Å². The molecule has 1 unspecified atom stereocenters. The van der Waals surface area contributed by atoms with Gasteiger partial charge in [-0.3, -0.25) is 9.69 Å². The fourth-order valence-corrected chi connectivity index (χ4v) is 6.38. The molecular weight excluding hydrogens is 466 g/mol. The number of para-hydroxylation sites is 1. The first-order valence-corrected chi connectivity index (χ1v) is 13.8. The molecule has 0 aromatic heterocycles. The van der Waals surface area contributed by atoms with Gasteiger partial charge in [-0.1, -0.05) is 32.0 Å². The second kappa shape index (κ2) is 11.2. The Balaban J connectivity index is 1.70. The third kappa shape index (κ3) is 5.55. The van der Waals surface area contributed by atoms with Crippen LogP contribution in [0.25, 0.3) is 6.08 Å². The van der Waals surface area contributed by atoms with E-state index < -0.39 is 0 Å². The maximum atomic E-state index is 13.5. The molecule has 0 spiro atoms. The standard InChI is InChI=1S/C30H39N3O2S/c1-7-14-33-26-17-21(2)23(18-25(26)22(3)20-30(33,4)5)19-27-28(34)32(15-11-16-35-6)29(36-27)31-24-12-9-8-10-13-24/h8-10,12-13,17-19,22H,7,11,14-16,20H2,1-6H3/b27-19+,31-29?. The highest BCUT2D eigenvalue weighted by Crippen LogP contribution is 2.45. The number of amidine groups is 1. The number of aliphatic imine (C=N–C) groups is 1. The predicted octanol–water partition coefficient (Wildman–Crippen LogP) is 7.14. The number of rotatable bonds is 8. The maximum Gasteiger partial charge on any atom is 0.266 e. The van der Waals surface area contributed by atoms with Gasteiger partial charge >= 0.3 is 0 Å². The van der Waals surface area contributed by atoms with Crippen molar-refractivity contribution in [1.82, 2.24) is 4.90 Å². The van der Waals surface area contributed by atoms with Gasteiger partial charge in [0.05, 0.1) is 10.6 Å². The summed E-state index contributed by atoms with van der Waals surface area (Å²) < 4.78 is 5.23. The minimum Gasteiger partial charge on any atom is -0.385 e. The molecule has 2 aliphatic rings. The maximum absolute atomic E-state index is 13.5. The van der Waals surface area contributed by atoms with Gasteiger partial charge in [0.25, 0.3) is 5.91 Å². The fourth-order valence-electron chi connectivity index (χ4n) is 5.36. The lowest BCUT2D eigenvalue weighted by molar-refractivity contribution is -0.122. The lowest BCUT2D eigenvalue weighted by Gasteiger charge is -2.48. The zero-order chi connectivity index (χ0) is 25.9. The van der Waals surface area contributed by atoms with Crippen LogP contribution in [-0.4, -0.2) is 48.3 Å². The van der Waals surface area contributed by atoms with Gasteiger partial charge in [0, 0.05) is 38.0 Å². The van der Waals surface area contributed by atoms with Crippen molar-refractivity contribution >= 4 is 40.3 Å². The van der Waals surface area contributed by atoms with E-state index in [4.69, 9.17) is 9.73 Å². The van der Waals surface area contributed by atoms with Crippen molar-refractivity contribution in [2.75, 3.05) is 31.7 Å². The first-order valence-electron chi connectivity index (χ1n) is 13.0. The Morgan fingerprint density at radius 1 is 1.19 bits per heavy atom. The van der Waals surface area contributed by atoms with Gasteiger partial charge in [0.1, 0.15) is 0 Å². The zero-order valence-electron chi connectivity index (χ0n) is 22.5. The third-order valence-electron chi connectivity index (χ3n) is 7.11. The Hall–Kier alpha value is -2.57. The molecule has 0 N–H and O–H groups in total. The van der Waals surface area contributed by atoms with Crippen LogP contribution < -0.4 is 4.90 Å². The average Bonchev–Trinajstić information content (AvgIpc) is 3.12. The third-order valence-corrected chi connectivity index (χ3v) is 8.11. The topological polar surface area (TPSA) is 45.1 Å². The Bertz CT molecular complexity index is 1160. The molecular formula is C30H39N3O2S. The summed E-state index contributed by atoms with van der Waals surface area (Å²) in [5, 5.41) is 0.730. The molecule has 0 radical (unpaired) electrons.